The average molecular weight is 263 g/mol. The first-order chi connectivity index (χ1) is 7.28. The van der Waals surface area contributed by atoms with E-state index in [0.717, 1.165) is 34.1 Å². The van der Waals surface area contributed by atoms with Crippen molar-refractivity contribution in [3.8, 4) is 11.3 Å². The Kier molecular flexibility index (Phi) is 1.79. The third-order valence-electron chi connectivity index (χ3n) is 2.60. The van der Waals surface area contributed by atoms with Crippen LogP contribution in [0.4, 0.5) is 0 Å². The van der Waals surface area contributed by atoms with Crippen LogP contribution in [0, 0.1) is 0 Å². The van der Waals surface area contributed by atoms with Crippen LogP contribution in [0.2, 0.25) is 0 Å². The highest BCUT2D eigenvalue weighted by Gasteiger charge is 2.22. The first kappa shape index (κ1) is 8.85. The van der Waals surface area contributed by atoms with Crippen LogP contribution in [-0.2, 0) is 6.42 Å². The molecule has 3 nitrogen and oxygen atoms in total. The normalized spacial score (nSPS) is 12.3. The molecule has 0 bridgehead atoms. The van der Waals surface area contributed by atoms with Crippen molar-refractivity contribution < 1.29 is 4.79 Å². The molecule has 0 radical (unpaired) electrons. The lowest BCUT2D eigenvalue weighted by atomic mass is 10.1. The van der Waals surface area contributed by atoms with Crippen LogP contribution in [0.5, 0.6) is 0 Å². The Morgan fingerprint density at radius 2 is 2.33 bits per heavy atom. The van der Waals surface area contributed by atoms with Crippen molar-refractivity contribution in [3.63, 3.8) is 0 Å². The fourth-order valence-electron chi connectivity index (χ4n) is 1.95. The number of hydrogen-bond donors (Lipinski definition) is 1. The molecule has 0 spiro atoms. The minimum absolute atomic E-state index is 0.408. The molecule has 74 valence electrons. The lowest BCUT2D eigenvalue weighted by Gasteiger charge is -1.98. The Balaban J connectivity index is 2.23. The lowest BCUT2D eigenvalue weighted by molar-refractivity contribution is 0.111. The molecule has 0 saturated carbocycles. The van der Waals surface area contributed by atoms with E-state index < -0.39 is 0 Å². The van der Waals surface area contributed by atoms with Gasteiger partial charge in [0.05, 0.1) is 5.69 Å². The molecular weight excluding hydrogens is 256 g/mol. The highest BCUT2D eigenvalue weighted by atomic mass is 79.9. The van der Waals surface area contributed by atoms with Gasteiger partial charge in [0, 0.05) is 22.2 Å². The Morgan fingerprint density at radius 1 is 1.47 bits per heavy atom. The molecule has 0 fully saturated rings. The monoisotopic (exact) mass is 262 g/mol. The molecule has 1 aliphatic rings. The van der Waals surface area contributed by atoms with Gasteiger partial charge in [-0.15, -0.1) is 0 Å². The Hall–Kier alpha value is -1.42. The molecule has 1 aliphatic carbocycles. The molecule has 0 unspecified atom stereocenters. The highest BCUT2D eigenvalue weighted by Crippen LogP contribution is 2.36. The number of aromatic amines is 1. The molecule has 1 aromatic carbocycles. The molecular formula is C11H7BrN2O. The van der Waals surface area contributed by atoms with Crippen LogP contribution in [0.15, 0.2) is 22.7 Å². The van der Waals surface area contributed by atoms with E-state index in [4.69, 9.17) is 0 Å². The van der Waals surface area contributed by atoms with Gasteiger partial charge in [0.15, 0.2) is 12.1 Å². The number of hydrogen-bond acceptors (Lipinski definition) is 2. The zero-order valence-corrected chi connectivity index (χ0v) is 9.34. The molecule has 2 aromatic rings. The summed E-state index contributed by atoms with van der Waals surface area (Å²) in [7, 11) is 0. The summed E-state index contributed by atoms with van der Waals surface area (Å²) in [6, 6.07) is 6.14. The van der Waals surface area contributed by atoms with Gasteiger partial charge in [0.1, 0.15) is 0 Å². The summed E-state index contributed by atoms with van der Waals surface area (Å²) in [5.41, 5.74) is 4.31. The topological polar surface area (TPSA) is 45.8 Å². The Bertz CT molecular complexity index is 560. The zero-order valence-electron chi connectivity index (χ0n) is 7.75. The van der Waals surface area contributed by atoms with Crippen molar-refractivity contribution in [1.29, 1.82) is 0 Å². The number of carbonyl (C=O) groups is 1. The number of nitrogens with zero attached hydrogens (tertiary/aromatic N) is 1. The zero-order chi connectivity index (χ0) is 10.4. The number of imidazole rings is 1. The van der Waals surface area contributed by atoms with Crippen molar-refractivity contribution in [1.82, 2.24) is 9.97 Å². The molecule has 3 rings (SSSR count). The van der Waals surface area contributed by atoms with Gasteiger partial charge in [-0.3, -0.25) is 4.79 Å². The fraction of sp³-hybridized carbons (Fsp3) is 0.0909. The van der Waals surface area contributed by atoms with Crippen LogP contribution in [0.1, 0.15) is 21.9 Å². The lowest BCUT2D eigenvalue weighted by Crippen LogP contribution is -1.87. The van der Waals surface area contributed by atoms with Crippen LogP contribution < -0.4 is 0 Å². The quantitative estimate of drug-likeness (QED) is 0.686. The van der Waals surface area contributed by atoms with E-state index in [1.807, 2.05) is 12.1 Å². The largest absolute Gasteiger partial charge is 0.339 e. The number of halogens is 1. The van der Waals surface area contributed by atoms with E-state index in [9.17, 15) is 4.79 Å². The van der Waals surface area contributed by atoms with Crippen molar-refractivity contribution in [3.05, 3.63) is 39.8 Å². The number of aldehydes is 1. The van der Waals surface area contributed by atoms with Gasteiger partial charge in [-0.1, -0.05) is 22.0 Å². The van der Waals surface area contributed by atoms with E-state index in [1.165, 1.54) is 5.56 Å². The summed E-state index contributed by atoms with van der Waals surface area (Å²) in [6.07, 6.45) is 1.58. The van der Waals surface area contributed by atoms with E-state index in [-0.39, 0.29) is 0 Å². The van der Waals surface area contributed by atoms with Crippen LogP contribution >= 0.6 is 15.9 Å². The summed E-state index contributed by atoms with van der Waals surface area (Å²) in [5, 5.41) is 0. The first-order valence-electron chi connectivity index (χ1n) is 4.61. The molecule has 4 heteroatoms. The predicted octanol–water partition coefficient (Wildman–Crippen LogP) is 2.56. The van der Waals surface area contributed by atoms with Gasteiger partial charge >= 0.3 is 0 Å². The molecule has 1 N–H and O–H groups in total. The second-order valence-electron chi connectivity index (χ2n) is 3.55. The van der Waals surface area contributed by atoms with Gasteiger partial charge in [-0.2, -0.15) is 0 Å². The summed E-state index contributed by atoms with van der Waals surface area (Å²) < 4.78 is 1.03. The summed E-state index contributed by atoms with van der Waals surface area (Å²) in [5.74, 6) is 0.408. The molecule has 15 heavy (non-hydrogen) atoms. The van der Waals surface area contributed by atoms with Gasteiger partial charge < -0.3 is 4.98 Å². The van der Waals surface area contributed by atoms with Crippen LogP contribution in [0.3, 0.4) is 0 Å². The maximum absolute atomic E-state index is 10.6. The first-order valence-corrected chi connectivity index (χ1v) is 5.40. The number of H-pyrrole nitrogens is 1. The van der Waals surface area contributed by atoms with Gasteiger partial charge in [0.2, 0.25) is 0 Å². The van der Waals surface area contributed by atoms with Crippen molar-refractivity contribution in [2.45, 2.75) is 6.42 Å². The second-order valence-corrected chi connectivity index (χ2v) is 4.46. The van der Waals surface area contributed by atoms with Gasteiger partial charge in [-0.05, 0) is 17.7 Å². The molecule has 1 heterocycles. The van der Waals surface area contributed by atoms with E-state index in [2.05, 4.69) is 32.0 Å². The molecule has 1 aromatic heterocycles. The summed E-state index contributed by atoms with van der Waals surface area (Å²) in [6.45, 7) is 0. The van der Waals surface area contributed by atoms with E-state index in [0.29, 0.717) is 5.82 Å². The molecule has 0 saturated heterocycles. The number of fused-ring (bicyclic) bond motifs is 3. The maximum Gasteiger partial charge on any atom is 0.185 e. The number of benzene rings is 1. The molecule has 0 amide bonds. The maximum atomic E-state index is 10.6. The number of carbonyl (C=O) groups excluding carboxylic acids is 1. The summed E-state index contributed by atoms with van der Waals surface area (Å²) in [4.78, 5) is 17.9. The van der Waals surface area contributed by atoms with E-state index in [1.54, 1.807) is 0 Å². The number of nitrogens with one attached hydrogen (secondary N) is 1. The van der Waals surface area contributed by atoms with Crippen molar-refractivity contribution >= 4 is 22.2 Å². The standard InChI is InChI=1S/C11H7BrN2O/c12-7-2-1-6-3-9-11(8(6)4-7)14-10(5-15)13-9/h1-2,4-5H,3H2,(H,13,14). The number of aromatic nitrogens is 2. The second kappa shape index (κ2) is 3.03. The van der Waals surface area contributed by atoms with Crippen molar-refractivity contribution in [2.24, 2.45) is 0 Å². The summed E-state index contributed by atoms with van der Waals surface area (Å²) >= 11 is 3.43. The predicted molar refractivity (Wildman–Crippen MR) is 59.9 cm³/mol. The minimum Gasteiger partial charge on any atom is -0.339 e. The third-order valence-corrected chi connectivity index (χ3v) is 3.10. The number of rotatable bonds is 1. The van der Waals surface area contributed by atoms with Crippen molar-refractivity contribution in [2.75, 3.05) is 0 Å². The Morgan fingerprint density at radius 3 is 3.13 bits per heavy atom. The van der Waals surface area contributed by atoms with Crippen LogP contribution in [0.25, 0.3) is 11.3 Å². The smallest absolute Gasteiger partial charge is 0.185 e. The Labute approximate surface area is 94.7 Å². The molecule has 0 aliphatic heterocycles. The highest BCUT2D eigenvalue weighted by molar-refractivity contribution is 9.10. The van der Waals surface area contributed by atoms with Crippen LogP contribution in [-0.4, -0.2) is 16.3 Å². The average Bonchev–Trinajstić information content (AvgIpc) is 2.75. The van der Waals surface area contributed by atoms with Gasteiger partial charge in [-0.25, -0.2) is 4.98 Å². The van der Waals surface area contributed by atoms with E-state index >= 15 is 0 Å². The molecule has 0 atom stereocenters. The van der Waals surface area contributed by atoms with Gasteiger partial charge in [0.25, 0.3) is 0 Å². The SMILES string of the molecule is O=Cc1nc2c([nH]1)Cc1ccc(Br)cc1-2. The minimum atomic E-state index is 0.408. The fourth-order valence-corrected chi connectivity index (χ4v) is 2.31. The third kappa shape index (κ3) is 1.25.